The Kier molecular flexibility index (Phi) is 30.0. The van der Waals surface area contributed by atoms with Crippen molar-refractivity contribution in [3.8, 4) is 0 Å². The molecule has 4 nitrogen and oxygen atoms in total. The van der Waals surface area contributed by atoms with E-state index in [-0.39, 0.29) is 6.10 Å². The van der Waals surface area contributed by atoms with E-state index in [1.54, 1.807) is 4.31 Å². The lowest BCUT2D eigenvalue weighted by atomic mass is 10.0. The van der Waals surface area contributed by atoms with Gasteiger partial charge in [-0.05, 0) is 12.8 Å². The predicted octanol–water partition coefficient (Wildman–Crippen LogP) is 12.5. The molecule has 0 saturated carbocycles. The molecule has 44 heavy (non-hydrogen) atoms. The molecule has 1 aliphatic rings. The molecule has 0 aromatic carbocycles. The van der Waals surface area contributed by atoms with Crippen molar-refractivity contribution in [2.75, 3.05) is 25.4 Å². The van der Waals surface area contributed by atoms with E-state index in [1.807, 2.05) is 0 Å². The minimum atomic E-state index is -3.16. The van der Waals surface area contributed by atoms with Crippen molar-refractivity contribution in [3.05, 3.63) is 0 Å². The van der Waals surface area contributed by atoms with Crippen molar-refractivity contribution in [1.29, 1.82) is 0 Å². The predicted molar refractivity (Wildman–Crippen MR) is 194 cm³/mol. The maximum absolute atomic E-state index is 13.1. The number of sulfonamides is 1. The van der Waals surface area contributed by atoms with Crippen LogP contribution in [-0.2, 0) is 14.8 Å². The Balaban J connectivity index is 1.96. The molecule has 1 aliphatic heterocycles. The Hall–Kier alpha value is -0.130. The van der Waals surface area contributed by atoms with Crippen molar-refractivity contribution in [2.45, 2.75) is 225 Å². The van der Waals surface area contributed by atoms with Gasteiger partial charge in [0.2, 0.25) is 10.0 Å². The van der Waals surface area contributed by atoms with E-state index in [4.69, 9.17) is 4.74 Å². The molecule has 5 heteroatoms. The van der Waals surface area contributed by atoms with E-state index in [2.05, 4.69) is 13.8 Å². The standard InChI is InChI=1S/C39H79NO3S/c1-3-5-7-9-11-13-15-17-19-21-23-25-27-29-31-33-35-40(37-39-38-43-39)44(41,42)36-34-32-30-28-26-24-22-20-18-16-14-12-10-8-6-4-2/h39H,3-38H2,1-2H3. The first-order valence-electron chi connectivity index (χ1n) is 20.2. The van der Waals surface area contributed by atoms with Crippen LogP contribution in [0.15, 0.2) is 0 Å². The average Bonchev–Trinajstić information content (AvgIpc) is 3.84. The van der Waals surface area contributed by atoms with Gasteiger partial charge in [-0.3, -0.25) is 0 Å². The maximum Gasteiger partial charge on any atom is 0.214 e. The lowest BCUT2D eigenvalue weighted by Gasteiger charge is -2.21. The summed E-state index contributed by atoms with van der Waals surface area (Å²) in [5.41, 5.74) is 0. The number of hydrogen-bond acceptors (Lipinski definition) is 3. The molecule has 1 heterocycles. The van der Waals surface area contributed by atoms with Gasteiger partial charge in [0, 0.05) is 13.1 Å². The lowest BCUT2D eigenvalue weighted by Crippen LogP contribution is -2.36. The second-order valence-electron chi connectivity index (χ2n) is 14.2. The molecule has 0 spiro atoms. The SMILES string of the molecule is CCCCCCCCCCCCCCCCCCN(CC1CO1)S(=O)(=O)CCCCCCCCCCCCCCCCCC. The summed E-state index contributed by atoms with van der Waals surface area (Å²) < 4.78 is 33.4. The molecular weight excluding hydrogens is 563 g/mol. The van der Waals surface area contributed by atoms with Gasteiger partial charge < -0.3 is 4.74 Å². The molecular formula is C39H79NO3S. The topological polar surface area (TPSA) is 49.9 Å². The fourth-order valence-electron chi connectivity index (χ4n) is 6.54. The first kappa shape index (κ1) is 41.9. The Labute approximate surface area is 277 Å². The van der Waals surface area contributed by atoms with Gasteiger partial charge in [0.1, 0.15) is 0 Å². The largest absolute Gasteiger partial charge is 0.372 e. The van der Waals surface area contributed by atoms with Crippen molar-refractivity contribution in [2.24, 2.45) is 0 Å². The van der Waals surface area contributed by atoms with Crippen LogP contribution in [-0.4, -0.2) is 44.3 Å². The highest BCUT2D eigenvalue weighted by atomic mass is 32.2. The minimum absolute atomic E-state index is 0.136. The highest BCUT2D eigenvalue weighted by molar-refractivity contribution is 7.89. The number of hydrogen-bond donors (Lipinski definition) is 0. The molecule has 0 aromatic heterocycles. The number of rotatable bonds is 37. The second kappa shape index (κ2) is 31.5. The Morgan fingerprint density at radius 1 is 0.455 bits per heavy atom. The molecule has 1 unspecified atom stereocenters. The minimum Gasteiger partial charge on any atom is -0.372 e. The van der Waals surface area contributed by atoms with Crippen LogP contribution in [0.25, 0.3) is 0 Å². The van der Waals surface area contributed by atoms with Crippen LogP contribution in [0.2, 0.25) is 0 Å². The average molecular weight is 642 g/mol. The van der Waals surface area contributed by atoms with Gasteiger partial charge >= 0.3 is 0 Å². The summed E-state index contributed by atoms with van der Waals surface area (Å²) in [7, 11) is -3.16. The lowest BCUT2D eigenvalue weighted by molar-refractivity contribution is 0.329. The fourth-order valence-corrected chi connectivity index (χ4v) is 8.17. The van der Waals surface area contributed by atoms with Crippen molar-refractivity contribution >= 4 is 10.0 Å². The monoisotopic (exact) mass is 642 g/mol. The van der Waals surface area contributed by atoms with Crippen LogP contribution in [0, 0.1) is 0 Å². The van der Waals surface area contributed by atoms with Gasteiger partial charge in [-0.15, -0.1) is 0 Å². The number of ether oxygens (including phenoxy) is 1. The van der Waals surface area contributed by atoms with Crippen LogP contribution in [0.1, 0.15) is 219 Å². The molecule has 0 aromatic rings. The van der Waals surface area contributed by atoms with Crippen molar-refractivity contribution in [3.63, 3.8) is 0 Å². The van der Waals surface area contributed by atoms with E-state index < -0.39 is 10.0 Å². The molecule has 0 bridgehead atoms. The van der Waals surface area contributed by atoms with Gasteiger partial charge in [0.25, 0.3) is 0 Å². The summed E-state index contributed by atoms with van der Waals surface area (Å²) in [5, 5.41) is 0. The van der Waals surface area contributed by atoms with E-state index in [0.717, 1.165) is 32.3 Å². The Morgan fingerprint density at radius 3 is 1.02 bits per heavy atom. The molecule has 1 atom stereocenters. The van der Waals surface area contributed by atoms with Gasteiger partial charge in [0.15, 0.2) is 0 Å². The normalized spacial score (nSPS) is 15.0. The Morgan fingerprint density at radius 2 is 0.727 bits per heavy atom. The van der Waals surface area contributed by atoms with Crippen LogP contribution in [0.3, 0.4) is 0 Å². The zero-order chi connectivity index (χ0) is 31.8. The van der Waals surface area contributed by atoms with E-state index >= 15 is 0 Å². The zero-order valence-electron chi connectivity index (χ0n) is 30.1. The quantitative estimate of drug-likeness (QED) is 0.0501. The summed E-state index contributed by atoms with van der Waals surface area (Å²) in [5.74, 6) is 0.316. The molecule has 0 aliphatic carbocycles. The second-order valence-corrected chi connectivity index (χ2v) is 16.3. The van der Waals surface area contributed by atoms with E-state index in [0.29, 0.717) is 18.8 Å². The molecule has 264 valence electrons. The van der Waals surface area contributed by atoms with Gasteiger partial charge in [-0.1, -0.05) is 206 Å². The Bertz CT molecular complexity index is 679. The number of epoxide rings is 1. The fraction of sp³-hybridized carbons (Fsp3) is 1.00. The van der Waals surface area contributed by atoms with Gasteiger partial charge in [0.05, 0.1) is 18.5 Å². The van der Waals surface area contributed by atoms with Gasteiger partial charge in [-0.25, -0.2) is 8.42 Å². The molecule has 0 amide bonds. The highest BCUT2D eigenvalue weighted by Crippen LogP contribution is 2.19. The molecule has 0 N–H and O–H groups in total. The zero-order valence-corrected chi connectivity index (χ0v) is 30.9. The molecule has 1 fully saturated rings. The van der Waals surface area contributed by atoms with Crippen LogP contribution < -0.4 is 0 Å². The summed E-state index contributed by atoms with van der Waals surface area (Å²) in [4.78, 5) is 0. The van der Waals surface area contributed by atoms with Gasteiger partial charge in [-0.2, -0.15) is 4.31 Å². The van der Waals surface area contributed by atoms with E-state index in [1.165, 1.54) is 180 Å². The first-order valence-corrected chi connectivity index (χ1v) is 21.8. The third-order valence-electron chi connectivity index (χ3n) is 9.72. The van der Waals surface area contributed by atoms with Crippen LogP contribution >= 0.6 is 0 Å². The maximum atomic E-state index is 13.1. The van der Waals surface area contributed by atoms with Crippen molar-refractivity contribution in [1.82, 2.24) is 4.31 Å². The van der Waals surface area contributed by atoms with Crippen molar-refractivity contribution < 1.29 is 13.2 Å². The molecule has 0 radical (unpaired) electrons. The molecule has 1 rings (SSSR count). The smallest absolute Gasteiger partial charge is 0.214 e. The number of nitrogens with zero attached hydrogens (tertiary/aromatic N) is 1. The van der Waals surface area contributed by atoms with Crippen LogP contribution in [0.5, 0.6) is 0 Å². The summed E-state index contributed by atoms with van der Waals surface area (Å²) >= 11 is 0. The first-order chi connectivity index (χ1) is 21.6. The summed E-state index contributed by atoms with van der Waals surface area (Å²) in [6, 6.07) is 0. The number of unbranched alkanes of at least 4 members (excludes halogenated alkanes) is 30. The summed E-state index contributed by atoms with van der Waals surface area (Å²) in [6.45, 7) is 6.55. The third-order valence-corrected chi connectivity index (χ3v) is 11.6. The van der Waals surface area contributed by atoms with E-state index in [9.17, 15) is 8.42 Å². The van der Waals surface area contributed by atoms with Crippen LogP contribution in [0.4, 0.5) is 0 Å². The third kappa shape index (κ3) is 28.1. The summed E-state index contributed by atoms with van der Waals surface area (Å²) in [6.07, 6.45) is 42.7. The highest BCUT2D eigenvalue weighted by Gasteiger charge is 2.31. The molecule has 1 saturated heterocycles.